The molecular weight excluding hydrogens is 698 g/mol. The van der Waals surface area contributed by atoms with E-state index in [1.165, 1.54) is 33.8 Å². The van der Waals surface area contributed by atoms with E-state index in [-0.39, 0.29) is 81.8 Å². The Bertz CT molecular complexity index is 2340. The van der Waals surface area contributed by atoms with Crippen LogP contribution in [0, 0.1) is 24.5 Å². The van der Waals surface area contributed by atoms with Crippen LogP contribution in [0.3, 0.4) is 0 Å². The zero-order valence-corrected chi connectivity index (χ0v) is 29.7. The maximum atomic E-state index is 15.9. The summed E-state index contributed by atoms with van der Waals surface area (Å²) in [6.45, 7) is 10.9. The van der Waals surface area contributed by atoms with Gasteiger partial charge in [-0.05, 0) is 64.5 Å². The lowest BCUT2D eigenvalue weighted by Crippen LogP contribution is -2.48. The van der Waals surface area contributed by atoms with Crippen molar-refractivity contribution in [2.45, 2.75) is 84.8 Å². The van der Waals surface area contributed by atoms with Crippen molar-refractivity contribution in [2.24, 2.45) is 5.92 Å². The van der Waals surface area contributed by atoms with E-state index >= 15 is 8.78 Å². The van der Waals surface area contributed by atoms with Gasteiger partial charge in [-0.1, -0.05) is 23.8 Å². The molecule has 4 aliphatic rings. The van der Waals surface area contributed by atoms with Gasteiger partial charge in [0.15, 0.2) is 12.2 Å². The van der Waals surface area contributed by atoms with Crippen molar-refractivity contribution < 1.29 is 27.8 Å². The van der Waals surface area contributed by atoms with Gasteiger partial charge in [0.2, 0.25) is 0 Å². The van der Waals surface area contributed by atoms with Gasteiger partial charge < -0.3 is 19.7 Å². The number of rotatable bonds is 6. The van der Waals surface area contributed by atoms with Crippen LogP contribution in [0.1, 0.15) is 45.2 Å². The molecule has 4 aliphatic heterocycles. The van der Waals surface area contributed by atoms with Crippen molar-refractivity contribution in [1.82, 2.24) is 18.7 Å². The van der Waals surface area contributed by atoms with E-state index in [0.29, 0.717) is 43.0 Å². The van der Waals surface area contributed by atoms with Crippen molar-refractivity contribution >= 4 is 34.8 Å². The quantitative estimate of drug-likeness (QED) is 0.262. The van der Waals surface area contributed by atoms with Gasteiger partial charge in [0.1, 0.15) is 28.3 Å². The van der Waals surface area contributed by atoms with Crippen molar-refractivity contribution in [3.05, 3.63) is 79.6 Å². The molecule has 0 fully saturated rings. The molecule has 6 heterocycles. The van der Waals surface area contributed by atoms with E-state index in [9.17, 15) is 19.2 Å². The normalized spacial score (nSPS) is 20.7. The molecule has 3 atom stereocenters. The first-order chi connectivity index (χ1) is 24.8. The fourth-order valence-electron chi connectivity index (χ4n) is 7.91. The number of amides is 2. The standard InChI is InChI=1S/C37H37ClF2N6O6/c1-18(2)16-42-27-13-23(32-33(38)44-8-5-6-9-45(44)37(32)50)25(40)15-29(27)52-30(35(42)48)11-21-7-10-43-19(3)31(36(49)46(43)17-21)22-12-26-28(14-24(22)39)51-20(4)34(47)41-26/h12-15,20-21,30H,1,5-11,16-17H2,2-4H3,(H,41,47). The van der Waals surface area contributed by atoms with Gasteiger partial charge in [-0.3, -0.25) is 28.5 Å². The second kappa shape index (κ2) is 12.5. The van der Waals surface area contributed by atoms with Gasteiger partial charge >= 0.3 is 0 Å². The van der Waals surface area contributed by atoms with Gasteiger partial charge in [0.05, 0.1) is 22.5 Å². The summed E-state index contributed by atoms with van der Waals surface area (Å²) in [5.74, 6) is -1.93. The first kappa shape index (κ1) is 34.0. The minimum Gasteiger partial charge on any atom is -0.479 e. The molecule has 0 bridgehead atoms. The lowest BCUT2D eigenvalue weighted by atomic mass is 9.94. The number of ether oxygens (including phenoxy) is 2. The molecule has 8 rings (SSSR count). The predicted molar refractivity (Wildman–Crippen MR) is 190 cm³/mol. The van der Waals surface area contributed by atoms with Crippen LogP contribution in [-0.4, -0.2) is 49.3 Å². The second-order valence-electron chi connectivity index (χ2n) is 14.2. The molecule has 4 aromatic rings. The number of nitrogens with one attached hydrogen (secondary N) is 1. The number of halogens is 3. The van der Waals surface area contributed by atoms with Crippen LogP contribution in [-0.2, 0) is 35.8 Å². The number of carbonyl (C=O) groups is 2. The van der Waals surface area contributed by atoms with Crippen molar-refractivity contribution in [3.8, 4) is 33.8 Å². The summed E-state index contributed by atoms with van der Waals surface area (Å²) in [7, 11) is 0. The molecule has 0 aliphatic carbocycles. The fraction of sp³-hybridized carbons (Fsp3) is 0.405. The molecule has 15 heteroatoms. The number of hydrogen-bond donors (Lipinski definition) is 1. The van der Waals surface area contributed by atoms with Crippen LogP contribution in [0.25, 0.3) is 22.3 Å². The number of hydrogen-bond acceptors (Lipinski definition) is 6. The highest BCUT2D eigenvalue weighted by Gasteiger charge is 2.39. The molecule has 0 saturated heterocycles. The van der Waals surface area contributed by atoms with Crippen LogP contribution in [0.2, 0.25) is 5.15 Å². The molecule has 2 amide bonds. The van der Waals surface area contributed by atoms with E-state index in [1.807, 2.05) is 0 Å². The first-order valence-corrected chi connectivity index (χ1v) is 17.8. The largest absolute Gasteiger partial charge is 0.479 e. The number of carbonyl (C=O) groups excluding carboxylic acids is 2. The van der Waals surface area contributed by atoms with E-state index in [0.717, 1.165) is 12.8 Å². The highest BCUT2D eigenvalue weighted by molar-refractivity contribution is 6.32. The Balaban J connectivity index is 1.09. The fourth-order valence-corrected chi connectivity index (χ4v) is 8.27. The highest BCUT2D eigenvalue weighted by atomic mass is 35.5. The SMILES string of the molecule is C=C(C)CN1C(=O)C(CC2CCn3c(C)c(-c4cc5c(cc4F)OC(C)C(=O)N5)c(=O)n3C2)Oc2cc(F)c(-c3c(Cl)n4n(c3=O)CCCC4)cc21. The molecule has 0 radical (unpaired) electrons. The Morgan fingerprint density at radius 3 is 2.29 bits per heavy atom. The summed E-state index contributed by atoms with van der Waals surface area (Å²) in [4.78, 5) is 55.0. The average molecular weight is 735 g/mol. The van der Waals surface area contributed by atoms with Crippen LogP contribution < -0.4 is 30.8 Å². The minimum absolute atomic E-state index is 0.0110. The Morgan fingerprint density at radius 2 is 1.58 bits per heavy atom. The Labute approximate surface area is 301 Å². The minimum atomic E-state index is -0.986. The summed E-state index contributed by atoms with van der Waals surface area (Å²) in [5, 5.41) is 2.86. The van der Waals surface area contributed by atoms with Crippen LogP contribution in [0.5, 0.6) is 11.5 Å². The highest BCUT2D eigenvalue weighted by Crippen LogP contribution is 2.42. The first-order valence-electron chi connectivity index (χ1n) is 17.4. The number of aromatic nitrogens is 4. The van der Waals surface area contributed by atoms with Gasteiger partial charge in [-0.15, -0.1) is 0 Å². The second-order valence-corrected chi connectivity index (χ2v) is 14.5. The zero-order valence-electron chi connectivity index (χ0n) is 28.9. The zero-order chi connectivity index (χ0) is 36.7. The summed E-state index contributed by atoms with van der Waals surface area (Å²) in [6, 6.07) is 5.24. The van der Waals surface area contributed by atoms with Gasteiger partial charge in [-0.2, -0.15) is 0 Å². The van der Waals surface area contributed by atoms with E-state index in [2.05, 4.69) is 11.9 Å². The maximum absolute atomic E-state index is 15.9. The molecular formula is C37H37ClF2N6O6. The summed E-state index contributed by atoms with van der Waals surface area (Å²) in [6.07, 6.45) is 0.727. The molecule has 52 heavy (non-hydrogen) atoms. The van der Waals surface area contributed by atoms with Crippen molar-refractivity contribution in [2.75, 3.05) is 16.8 Å². The predicted octanol–water partition coefficient (Wildman–Crippen LogP) is 5.48. The molecule has 0 spiro atoms. The summed E-state index contributed by atoms with van der Waals surface area (Å²) >= 11 is 6.64. The Hall–Kier alpha value is -5.11. The van der Waals surface area contributed by atoms with Crippen molar-refractivity contribution in [3.63, 3.8) is 0 Å². The lowest BCUT2D eigenvalue weighted by Gasteiger charge is -2.37. The number of fused-ring (bicyclic) bond motifs is 4. The number of benzene rings is 2. The van der Waals surface area contributed by atoms with Gasteiger partial charge in [-0.25, -0.2) is 18.1 Å². The van der Waals surface area contributed by atoms with Crippen LogP contribution >= 0.6 is 11.6 Å². The monoisotopic (exact) mass is 734 g/mol. The molecule has 2 aromatic carbocycles. The third-order valence-corrected chi connectivity index (χ3v) is 10.9. The lowest BCUT2D eigenvalue weighted by molar-refractivity contribution is -0.127. The molecule has 12 nitrogen and oxygen atoms in total. The van der Waals surface area contributed by atoms with E-state index < -0.39 is 35.0 Å². The van der Waals surface area contributed by atoms with E-state index in [4.69, 9.17) is 21.1 Å². The third kappa shape index (κ3) is 5.37. The summed E-state index contributed by atoms with van der Waals surface area (Å²) in [5.41, 5.74) is 1.31. The molecule has 2 aromatic heterocycles. The smallest absolute Gasteiger partial charge is 0.276 e. The van der Waals surface area contributed by atoms with Gasteiger partial charge in [0.25, 0.3) is 22.9 Å². The molecule has 1 N–H and O–H groups in total. The average Bonchev–Trinajstić information content (AvgIpc) is 3.50. The molecule has 272 valence electrons. The van der Waals surface area contributed by atoms with Crippen LogP contribution in [0.15, 0.2) is 46.0 Å². The molecule has 3 unspecified atom stereocenters. The maximum Gasteiger partial charge on any atom is 0.276 e. The number of anilines is 2. The van der Waals surface area contributed by atoms with Crippen LogP contribution in [0.4, 0.5) is 20.2 Å². The van der Waals surface area contributed by atoms with E-state index in [1.54, 1.807) is 34.8 Å². The summed E-state index contributed by atoms with van der Waals surface area (Å²) < 4.78 is 49.6. The van der Waals surface area contributed by atoms with Gasteiger partial charge in [0, 0.05) is 61.7 Å². The topological polar surface area (TPSA) is 122 Å². The Kier molecular flexibility index (Phi) is 8.20. The third-order valence-electron chi connectivity index (χ3n) is 10.5. The Morgan fingerprint density at radius 1 is 0.904 bits per heavy atom. The molecule has 0 saturated carbocycles. The number of nitrogens with zero attached hydrogens (tertiary/aromatic N) is 5. The van der Waals surface area contributed by atoms with Crippen molar-refractivity contribution in [1.29, 1.82) is 0 Å².